The van der Waals surface area contributed by atoms with Crippen molar-refractivity contribution in [3.05, 3.63) is 28.7 Å². The van der Waals surface area contributed by atoms with Crippen LogP contribution in [0.3, 0.4) is 0 Å². The van der Waals surface area contributed by atoms with Crippen LogP contribution >= 0.6 is 15.9 Å². The molecule has 1 saturated carbocycles. The summed E-state index contributed by atoms with van der Waals surface area (Å²) in [7, 11) is 0. The fourth-order valence-corrected chi connectivity index (χ4v) is 2.58. The van der Waals surface area contributed by atoms with E-state index in [1.165, 1.54) is 0 Å². The molecule has 1 aliphatic rings. The minimum atomic E-state index is -0.123. The Hall–Kier alpha value is -0.910. The molecule has 1 aromatic carbocycles. The Bertz CT molecular complexity index is 431. The fraction of sp³-hybridized carbons (Fsp3) is 0.500. The van der Waals surface area contributed by atoms with Crippen LogP contribution in [0.2, 0.25) is 0 Å². The quantitative estimate of drug-likeness (QED) is 0.894. The zero-order chi connectivity index (χ0) is 13.7. The first-order valence-corrected chi connectivity index (χ1v) is 7.36. The second-order valence-electron chi connectivity index (χ2n) is 4.88. The molecule has 0 saturated heterocycles. The summed E-state index contributed by atoms with van der Waals surface area (Å²) in [6, 6.07) is 7.82. The largest absolute Gasteiger partial charge is 0.368 e. The van der Waals surface area contributed by atoms with Crippen molar-refractivity contribution in [3.8, 4) is 0 Å². The molecule has 0 atom stereocenters. The van der Waals surface area contributed by atoms with E-state index in [0.717, 1.165) is 35.8 Å². The second kappa shape index (κ2) is 7.03. The van der Waals surface area contributed by atoms with E-state index >= 15 is 0 Å². The highest BCUT2D eigenvalue weighted by Gasteiger charge is 2.19. The van der Waals surface area contributed by atoms with Gasteiger partial charge in [0.2, 0.25) is 5.91 Å². The van der Waals surface area contributed by atoms with Gasteiger partial charge in [-0.25, -0.2) is 0 Å². The zero-order valence-electron chi connectivity index (χ0n) is 10.8. The van der Waals surface area contributed by atoms with Gasteiger partial charge in [-0.15, -0.1) is 0 Å². The number of anilines is 1. The lowest BCUT2D eigenvalue weighted by molar-refractivity contribution is -0.123. The minimum Gasteiger partial charge on any atom is -0.368 e. The van der Waals surface area contributed by atoms with Crippen LogP contribution < -0.4 is 11.1 Å². The van der Waals surface area contributed by atoms with Crippen molar-refractivity contribution in [2.75, 3.05) is 11.9 Å². The maximum absolute atomic E-state index is 11.8. The van der Waals surface area contributed by atoms with Crippen molar-refractivity contribution in [3.63, 3.8) is 0 Å². The van der Waals surface area contributed by atoms with Crippen LogP contribution in [0.25, 0.3) is 0 Å². The first-order chi connectivity index (χ1) is 9.15. The van der Waals surface area contributed by atoms with Gasteiger partial charge in [-0.1, -0.05) is 12.1 Å². The molecule has 4 nitrogen and oxygen atoms in total. The summed E-state index contributed by atoms with van der Waals surface area (Å²) in [5.74, 6) is -0.123. The van der Waals surface area contributed by atoms with Gasteiger partial charge in [-0.2, -0.15) is 0 Å². The van der Waals surface area contributed by atoms with Gasteiger partial charge in [-0.05, 0) is 53.7 Å². The molecule has 0 heterocycles. The van der Waals surface area contributed by atoms with Crippen LogP contribution in [0, 0.1) is 0 Å². The number of nitrogens with two attached hydrogens (primary N) is 1. The van der Waals surface area contributed by atoms with Crippen molar-refractivity contribution >= 4 is 27.5 Å². The van der Waals surface area contributed by atoms with Crippen molar-refractivity contribution in [2.45, 2.75) is 37.8 Å². The molecule has 0 bridgehead atoms. The Balaban J connectivity index is 1.74. The number of hydrogen-bond acceptors (Lipinski definition) is 3. The van der Waals surface area contributed by atoms with Gasteiger partial charge >= 0.3 is 0 Å². The smallest absolute Gasteiger partial charge is 0.250 e. The number of carbonyl (C=O) groups is 1. The first-order valence-electron chi connectivity index (χ1n) is 6.56. The van der Waals surface area contributed by atoms with Crippen LogP contribution in [0.5, 0.6) is 0 Å². The molecule has 0 radical (unpaired) electrons. The molecule has 0 aromatic heterocycles. The van der Waals surface area contributed by atoms with Gasteiger partial charge in [0, 0.05) is 10.5 Å². The van der Waals surface area contributed by atoms with Gasteiger partial charge in [0.05, 0.1) is 11.8 Å². The first kappa shape index (κ1) is 14.5. The number of nitrogens with one attached hydrogen (secondary N) is 1. The molecule has 1 aliphatic carbocycles. The van der Waals surface area contributed by atoms with E-state index in [1.807, 2.05) is 24.3 Å². The van der Waals surface area contributed by atoms with Crippen molar-refractivity contribution in [2.24, 2.45) is 5.73 Å². The number of para-hydroxylation sites is 1. The van der Waals surface area contributed by atoms with Crippen LogP contribution in [-0.2, 0) is 9.53 Å². The number of amides is 1. The third-order valence-electron chi connectivity index (χ3n) is 3.32. The van der Waals surface area contributed by atoms with Crippen molar-refractivity contribution in [1.82, 2.24) is 0 Å². The molecule has 0 unspecified atom stereocenters. The monoisotopic (exact) mass is 326 g/mol. The number of halogens is 1. The minimum absolute atomic E-state index is 0.0985. The second-order valence-corrected chi connectivity index (χ2v) is 5.73. The number of rotatable bonds is 4. The molecule has 5 heteroatoms. The van der Waals surface area contributed by atoms with Crippen LogP contribution in [-0.4, -0.2) is 24.7 Å². The highest BCUT2D eigenvalue weighted by atomic mass is 79.9. The number of hydrogen-bond donors (Lipinski definition) is 2. The number of carbonyl (C=O) groups excluding carboxylic acids is 1. The van der Waals surface area contributed by atoms with E-state index in [4.69, 9.17) is 10.5 Å². The average Bonchev–Trinajstić information content (AvgIpc) is 2.41. The van der Waals surface area contributed by atoms with Gasteiger partial charge in [0.15, 0.2) is 0 Å². The predicted molar refractivity (Wildman–Crippen MR) is 79.0 cm³/mol. The van der Waals surface area contributed by atoms with Gasteiger partial charge < -0.3 is 15.8 Å². The maximum Gasteiger partial charge on any atom is 0.250 e. The third-order valence-corrected chi connectivity index (χ3v) is 4.01. The SMILES string of the molecule is NC1CCC(OCC(=O)Nc2ccccc2Br)CC1. The summed E-state index contributed by atoms with van der Waals surface area (Å²) in [6.07, 6.45) is 4.03. The Kier molecular flexibility index (Phi) is 5.36. The average molecular weight is 327 g/mol. The van der Waals surface area contributed by atoms with E-state index < -0.39 is 0 Å². The molecule has 104 valence electrons. The molecule has 1 fully saturated rings. The molecular formula is C14H19BrN2O2. The topological polar surface area (TPSA) is 64.3 Å². The zero-order valence-corrected chi connectivity index (χ0v) is 12.4. The van der Waals surface area contributed by atoms with Crippen molar-refractivity contribution < 1.29 is 9.53 Å². The number of benzene rings is 1. The summed E-state index contributed by atoms with van der Waals surface area (Å²) in [5.41, 5.74) is 6.60. The van der Waals surface area contributed by atoms with E-state index in [-0.39, 0.29) is 18.6 Å². The van der Waals surface area contributed by atoms with Crippen LogP contribution in [0.15, 0.2) is 28.7 Å². The molecule has 1 aromatic rings. The summed E-state index contributed by atoms with van der Waals surface area (Å²) in [5, 5.41) is 2.82. The highest BCUT2D eigenvalue weighted by molar-refractivity contribution is 9.10. The molecule has 19 heavy (non-hydrogen) atoms. The molecule has 0 spiro atoms. The fourth-order valence-electron chi connectivity index (χ4n) is 2.20. The van der Waals surface area contributed by atoms with E-state index in [0.29, 0.717) is 6.04 Å². The molecule has 3 N–H and O–H groups in total. The number of ether oxygens (including phenoxy) is 1. The van der Waals surface area contributed by atoms with Gasteiger partial charge in [0.25, 0.3) is 0 Å². The standard InChI is InChI=1S/C14H19BrN2O2/c15-12-3-1-2-4-13(12)17-14(18)9-19-11-7-5-10(16)6-8-11/h1-4,10-11H,5-9,16H2,(H,17,18). The molecule has 0 aliphatic heterocycles. The van der Waals surface area contributed by atoms with E-state index in [9.17, 15) is 4.79 Å². The van der Waals surface area contributed by atoms with Gasteiger partial charge in [0.1, 0.15) is 6.61 Å². The maximum atomic E-state index is 11.8. The molecule has 1 amide bonds. The summed E-state index contributed by atoms with van der Waals surface area (Å²) < 4.78 is 6.49. The Morgan fingerprint density at radius 2 is 2.00 bits per heavy atom. The van der Waals surface area contributed by atoms with E-state index in [1.54, 1.807) is 0 Å². The Morgan fingerprint density at radius 3 is 2.68 bits per heavy atom. The summed E-state index contributed by atoms with van der Waals surface area (Å²) >= 11 is 3.39. The van der Waals surface area contributed by atoms with Crippen LogP contribution in [0.1, 0.15) is 25.7 Å². The highest BCUT2D eigenvalue weighted by Crippen LogP contribution is 2.22. The van der Waals surface area contributed by atoms with E-state index in [2.05, 4.69) is 21.2 Å². The van der Waals surface area contributed by atoms with Crippen LogP contribution in [0.4, 0.5) is 5.69 Å². The Labute approximate surface area is 121 Å². The van der Waals surface area contributed by atoms with Gasteiger partial charge in [-0.3, -0.25) is 4.79 Å². The lowest BCUT2D eigenvalue weighted by Crippen LogP contribution is -2.32. The lowest BCUT2D eigenvalue weighted by atomic mass is 9.94. The third kappa shape index (κ3) is 4.60. The summed E-state index contributed by atoms with van der Waals surface area (Å²) in [6.45, 7) is 0.0985. The summed E-state index contributed by atoms with van der Waals surface area (Å²) in [4.78, 5) is 11.8. The van der Waals surface area contributed by atoms with Crippen molar-refractivity contribution in [1.29, 1.82) is 0 Å². The molecule has 2 rings (SSSR count). The predicted octanol–water partition coefficient (Wildman–Crippen LogP) is 2.67. The lowest BCUT2D eigenvalue weighted by Gasteiger charge is -2.25. The molecular weight excluding hydrogens is 308 g/mol. The Morgan fingerprint density at radius 1 is 1.32 bits per heavy atom. The normalized spacial score (nSPS) is 23.1.